The van der Waals surface area contributed by atoms with E-state index in [1.54, 1.807) is 0 Å². The molecule has 2 amide bonds. The van der Waals surface area contributed by atoms with Gasteiger partial charge in [0.2, 0.25) is 11.8 Å². The van der Waals surface area contributed by atoms with Crippen LogP contribution in [0.2, 0.25) is 0 Å². The molecule has 1 saturated heterocycles. The number of nitrogens with zero attached hydrogens (tertiary/aromatic N) is 1. The van der Waals surface area contributed by atoms with Gasteiger partial charge in [-0.3, -0.25) is 14.9 Å². The van der Waals surface area contributed by atoms with Crippen LogP contribution in [0.15, 0.2) is 24.3 Å². The van der Waals surface area contributed by atoms with E-state index in [0.29, 0.717) is 44.0 Å². The van der Waals surface area contributed by atoms with Crippen LogP contribution in [0.4, 0.5) is 0 Å². The molecule has 0 spiro atoms. The fourth-order valence-electron chi connectivity index (χ4n) is 6.09. The van der Waals surface area contributed by atoms with E-state index in [-0.39, 0.29) is 35.1 Å². The summed E-state index contributed by atoms with van der Waals surface area (Å²) in [5.74, 6) is 1.24. The highest BCUT2D eigenvalue weighted by Gasteiger charge is 2.36. The lowest BCUT2D eigenvalue weighted by molar-refractivity contribution is -0.137. The Bertz CT molecular complexity index is 1020. The first-order chi connectivity index (χ1) is 16.9. The number of fused-ring (bicyclic) bond motifs is 1. The zero-order chi connectivity index (χ0) is 24.4. The van der Waals surface area contributed by atoms with Gasteiger partial charge in [-0.2, -0.15) is 0 Å². The normalized spacial score (nSPS) is 29.3. The van der Waals surface area contributed by atoms with E-state index in [1.165, 1.54) is 11.1 Å². The van der Waals surface area contributed by atoms with E-state index in [2.05, 4.69) is 28.8 Å². The van der Waals surface area contributed by atoms with Gasteiger partial charge in [0.1, 0.15) is 0 Å². The highest BCUT2D eigenvalue weighted by Crippen LogP contribution is 2.36. The Kier molecular flexibility index (Phi) is 7.49. The Morgan fingerprint density at radius 1 is 0.943 bits per heavy atom. The van der Waals surface area contributed by atoms with Gasteiger partial charge in [-0.1, -0.05) is 24.3 Å². The molecule has 5 rings (SSSR count). The van der Waals surface area contributed by atoms with Gasteiger partial charge in [-0.15, -0.1) is 0 Å². The van der Waals surface area contributed by atoms with Gasteiger partial charge in [0.15, 0.2) is 9.84 Å². The molecule has 2 aliphatic heterocycles. The van der Waals surface area contributed by atoms with Crippen molar-refractivity contribution in [1.29, 1.82) is 0 Å². The average molecular weight is 502 g/mol. The summed E-state index contributed by atoms with van der Waals surface area (Å²) in [6.07, 6.45) is 7.95. The summed E-state index contributed by atoms with van der Waals surface area (Å²) in [5, 5.41) is 6.27. The molecule has 3 fully saturated rings. The Morgan fingerprint density at radius 3 is 2.34 bits per heavy atom. The summed E-state index contributed by atoms with van der Waals surface area (Å²) in [5.41, 5.74) is 2.59. The second-order valence-corrected chi connectivity index (χ2v) is 13.5. The van der Waals surface area contributed by atoms with Gasteiger partial charge in [0, 0.05) is 26.1 Å². The first-order valence-electron chi connectivity index (χ1n) is 13.5. The maximum atomic E-state index is 13.1. The molecule has 2 N–H and O–H groups in total. The van der Waals surface area contributed by atoms with E-state index in [9.17, 15) is 18.0 Å². The van der Waals surface area contributed by atoms with E-state index in [4.69, 9.17) is 0 Å². The standard InChI is InChI=1S/C27H39N3O4S/c31-26(15-19-7-10-24(11-8-19)35(33,34)18-20-5-6-20)29-25-12-9-22(16-28-25)27(32)30-14-13-21-3-1-2-4-23(21)17-30/h1-4,19-20,22,24-25,28H,5-18H2,(H,29,31). The van der Waals surface area contributed by atoms with E-state index in [1.807, 2.05) is 11.0 Å². The second kappa shape index (κ2) is 10.6. The Hall–Kier alpha value is -1.93. The number of carbonyl (C=O) groups excluding carboxylic acids is 2. The molecular formula is C27H39N3O4S. The number of piperidine rings is 1. The topological polar surface area (TPSA) is 95.6 Å². The van der Waals surface area contributed by atoms with Crippen LogP contribution in [-0.2, 0) is 32.4 Å². The lowest BCUT2D eigenvalue weighted by Gasteiger charge is -2.35. The lowest BCUT2D eigenvalue weighted by Crippen LogP contribution is -2.53. The second-order valence-electron chi connectivity index (χ2n) is 11.2. The quantitative estimate of drug-likeness (QED) is 0.599. The minimum absolute atomic E-state index is 0.0317. The molecular weight excluding hydrogens is 462 g/mol. The van der Waals surface area contributed by atoms with Gasteiger partial charge < -0.3 is 10.2 Å². The highest BCUT2D eigenvalue weighted by atomic mass is 32.2. The number of sulfone groups is 1. The third-order valence-electron chi connectivity index (χ3n) is 8.48. The summed E-state index contributed by atoms with van der Waals surface area (Å²) < 4.78 is 25.1. The summed E-state index contributed by atoms with van der Waals surface area (Å²) >= 11 is 0. The largest absolute Gasteiger partial charge is 0.341 e. The zero-order valence-corrected chi connectivity index (χ0v) is 21.4. The monoisotopic (exact) mass is 501 g/mol. The smallest absolute Gasteiger partial charge is 0.227 e. The van der Waals surface area contributed by atoms with Gasteiger partial charge in [-0.05, 0) is 80.8 Å². The van der Waals surface area contributed by atoms with Crippen LogP contribution < -0.4 is 10.6 Å². The molecule has 192 valence electrons. The van der Waals surface area contributed by atoms with Crippen LogP contribution in [-0.4, -0.2) is 55.4 Å². The Balaban J connectivity index is 1.01. The van der Waals surface area contributed by atoms with Crippen LogP contribution in [0.3, 0.4) is 0 Å². The molecule has 2 unspecified atom stereocenters. The SMILES string of the molecule is O=C(CC1CCC(S(=O)(=O)CC2CC2)CC1)NC1CCC(C(=O)N2CCc3ccccc3C2)CN1. The highest BCUT2D eigenvalue weighted by molar-refractivity contribution is 7.92. The number of carbonyl (C=O) groups is 2. The number of amides is 2. The van der Waals surface area contributed by atoms with Gasteiger partial charge in [0.05, 0.1) is 23.1 Å². The number of benzene rings is 1. The van der Waals surface area contributed by atoms with Crippen molar-refractivity contribution in [3.05, 3.63) is 35.4 Å². The lowest BCUT2D eigenvalue weighted by atomic mass is 9.86. The van der Waals surface area contributed by atoms with Crippen molar-refractivity contribution in [3.63, 3.8) is 0 Å². The summed E-state index contributed by atoms with van der Waals surface area (Å²) in [6.45, 7) is 2.05. The Labute approximate surface area is 209 Å². The summed E-state index contributed by atoms with van der Waals surface area (Å²) in [6, 6.07) is 8.35. The van der Waals surface area contributed by atoms with Crippen molar-refractivity contribution in [1.82, 2.24) is 15.5 Å². The number of hydrogen-bond acceptors (Lipinski definition) is 5. The molecule has 8 heteroatoms. The molecule has 0 bridgehead atoms. The average Bonchev–Trinajstić information content (AvgIpc) is 3.67. The van der Waals surface area contributed by atoms with Crippen molar-refractivity contribution < 1.29 is 18.0 Å². The van der Waals surface area contributed by atoms with Crippen molar-refractivity contribution in [3.8, 4) is 0 Å². The maximum absolute atomic E-state index is 13.1. The minimum atomic E-state index is -2.97. The molecule has 0 radical (unpaired) electrons. The van der Waals surface area contributed by atoms with Crippen molar-refractivity contribution in [2.24, 2.45) is 17.8 Å². The molecule has 0 aromatic heterocycles. The molecule has 4 aliphatic rings. The molecule has 2 aliphatic carbocycles. The van der Waals surface area contributed by atoms with Crippen LogP contribution in [0.5, 0.6) is 0 Å². The van der Waals surface area contributed by atoms with Crippen LogP contribution in [0.25, 0.3) is 0 Å². The number of hydrogen-bond donors (Lipinski definition) is 2. The van der Waals surface area contributed by atoms with Crippen LogP contribution >= 0.6 is 0 Å². The predicted octanol–water partition coefficient (Wildman–Crippen LogP) is 2.79. The number of rotatable bonds is 7. The van der Waals surface area contributed by atoms with Crippen molar-refractivity contribution in [2.75, 3.05) is 18.8 Å². The predicted molar refractivity (Wildman–Crippen MR) is 135 cm³/mol. The summed E-state index contributed by atoms with van der Waals surface area (Å²) in [7, 11) is -2.97. The fraction of sp³-hybridized carbons (Fsp3) is 0.704. The molecule has 2 saturated carbocycles. The first-order valence-corrected chi connectivity index (χ1v) is 15.2. The molecule has 2 atom stereocenters. The van der Waals surface area contributed by atoms with Crippen LogP contribution in [0, 0.1) is 17.8 Å². The first kappa shape index (κ1) is 24.8. The van der Waals surface area contributed by atoms with Crippen molar-refractivity contribution >= 4 is 21.7 Å². The molecule has 35 heavy (non-hydrogen) atoms. The summed E-state index contributed by atoms with van der Waals surface area (Å²) in [4.78, 5) is 27.7. The van der Waals surface area contributed by atoms with Gasteiger partial charge >= 0.3 is 0 Å². The third-order valence-corrected chi connectivity index (χ3v) is 10.9. The third kappa shape index (κ3) is 6.26. The molecule has 1 aromatic rings. The van der Waals surface area contributed by atoms with Gasteiger partial charge in [-0.25, -0.2) is 8.42 Å². The fourth-order valence-corrected chi connectivity index (χ4v) is 8.35. The maximum Gasteiger partial charge on any atom is 0.227 e. The molecule has 1 aromatic carbocycles. The van der Waals surface area contributed by atoms with Crippen LogP contribution in [0.1, 0.15) is 68.9 Å². The molecule has 7 nitrogen and oxygen atoms in total. The van der Waals surface area contributed by atoms with E-state index < -0.39 is 9.84 Å². The van der Waals surface area contributed by atoms with Gasteiger partial charge in [0.25, 0.3) is 0 Å². The minimum Gasteiger partial charge on any atom is -0.341 e. The van der Waals surface area contributed by atoms with E-state index in [0.717, 1.165) is 51.5 Å². The van der Waals surface area contributed by atoms with E-state index >= 15 is 0 Å². The molecule has 2 heterocycles. The number of nitrogens with one attached hydrogen (secondary N) is 2. The van der Waals surface area contributed by atoms with Crippen molar-refractivity contribution in [2.45, 2.75) is 82.2 Å². The Morgan fingerprint density at radius 2 is 1.66 bits per heavy atom. The zero-order valence-electron chi connectivity index (χ0n) is 20.6.